The van der Waals surface area contributed by atoms with E-state index in [1.807, 2.05) is 0 Å². The third-order valence-electron chi connectivity index (χ3n) is 2.78. The summed E-state index contributed by atoms with van der Waals surface area (Å²) in [6.45, 7) is 0. The Labute approximate surface area is 104 Å². The van der Waals surface area contributed by atoms with E-state index in [0.29, 0.717) is 5.56 Å². The fourth-order valence-electron chi connectivity index (χ4n) is 1.75. The minimum atomic E-state index is -3.74. The van der Waals surface area contributed by atoms with Crippen LogP contribution in [0.1, 0.15) is 5.56 Å². The second-order valence-electron chi connectivity index (χ2n) is 3.73. The number of carbonyl (C=O) groups is 1. The molecule has 18 heavy (non-hydrogen) atoms. The summed E-state index contributed by atoms with van der Waals surface area (Å²) in [6.07, 6.45) is 0. The fraction of sp³-hybridized carbons (Fsp3) is 0.273. The summed E-state index contributed by atoms with van der Waals surface area (Å²) in [6, 6.07) is 10.0. The van der Waals surface area contributed by atoms with Gasteiger partial charge in [0.25, 0.3) is 11.5 Å². The van der Waals surface area contributed by atoms with Gasteiger partial charge in [0.15, 0.2) is 0 Å². The van der Waals surface area contributed by atoms with Gasteiger partial charge >= 0.3 is 7.75 Å². The van der Waals surface area contributed by atoms with Gasteiger partial charge in [-0.2, -0.15) is 5.26 Å². The van der Waals surface area contributed by atoms with Crippen molar-refractivity contribution in [3.63, 3.8) is 0 Å². The van der Waals surface area contributed by atoms with Gasteiger partial charge in [-0.15, -0.1) is 0 Å². The van der Waals surface area contributed by atoms with Crippen LogP contribution in [0.4, 0.5) is 0 Å². The van der Waals surface area contributed by atoms with Gasteiger partial charge in [-0.3, -0.25) is 13.8 Å². The van der Waals surface area contributed by atoms with E-state index in [1.165, 1.54) is 14.2 Å². The molecule has 1 fully saturated rings. The quantitative estimate of drug-likeness (QED) is 0.760. The highest BCUT2D eigenvalue weighted by molar-refractivity contribution is 7.52. The summed E-state index contributed by atoms with van der Waals surface area (Å²) < 4.78 is 23.0. The summed E-state index contributed by atoms with van der Waals surface area (Å²) in [7, 11) is -1.28. The molecule has 0 aliphatic carbocycles. The molecule has 0 spiro atoms. The summed E-state index contributed by atoms with van der Waals surface area (Å²) in [5.74, 6) is -0.693. The highest BCUT2D eigenvalue weighted by Crippen LogP contribution is 2.62. The first kappa shape index (κ1) is 12.8. The van der Waals surface area contributed by atoms with E-state index in [1.54, 1.807) is 36.4 Å². The zero-order valence-electron chi connectivity index (χ0n) is 9.86. The van der Waals surface area contributed by atoms with Crippen LogP contribution in [0, 0.1) is 11.3 Å². The van der Waals surface area contributed by atoms with Crippen LogP contribution in [-0.2, 0) is 24.0 Å². The van der Waals surface area contributed by atoms with Gasteiger partial charge in [-0.05, 0) is 0 Å². The Balaban J connectivity index is 2.59. The highest BCUT2D eigenvalue weighted by Gasteiger charge is 2.60. The predicted octanol–water partition coefficient (Wildman–Crippen LogP) is 1.65. The molecule has 2 rings (SSSR count). The van der Waals surface area contributed by atoms with Gasteiger partial charge in [0.2, 0.25) is 0 Å². The van der Waals surface area contributed by atoms with Gasteiger partial charge in [-0.25, -0.2) is 9.24 Å². The zero-order valence-corrected chi connectivity index (χ0v) is 10.8. The maximum Gasteiger partial charge on any atom is 0.439 e. The van der Waals surface area contributed by atoms with Crippen molar-refractivity contribution in [2.75, 3.05) is 14.2 Å². The van der Waals surface area contributed by atoms with Crippen molar-refractivity contribution < 1.29 is 18.4 Å². The van der Waals surface area contributed by atoms with Crippen molar-refractivity contribution in [3.05, 3.63) is 35.9 Å². The zero-order chi connectivity index (χ0) is 13.4. The van der Waals surface area contributed by atoms with E-state index in [-0.39, 0.29) is 0 Å². The third-order valence-corrected chi connectivity index (χ3v) is 4.67. The van der Waals surface area contributed by atoms with Crippen molar-refractivity contribution in [2.45, 2.75) is 5.60 Å². The molecule has 7 heteroatoms. The first-order valence-electron chi connectivity index (χ1n) is 5.12. The van der Waals surface area contributed by atoms with Crippen LogP contribution in [-0.4, -0.2) is 24.7 Å². The standard InChI is InChI=1S/C11H11N2O4P/c1-13-10(14)11(8-12,17-18(13,15)16-2)9-6-4-3-5-7-9/h3-7H,1-2H3. The van der Waals surface area contributed by atoms with E-state index < -0.39 is 19.3 Å². The van der Waals surface area contributed by atoms with Crippen LogP contribution < -0.4 is 0 Å². The van der Waals surface area contributed by atoms with Gasteiger partial charge in [0, 0.05) is 19.7 Å². The van der Waals surface area contributed by atoms with Crippen molar-refractivity contribution in [1.82, 2.24) is 4.67 Å². The average molecular weight is 266 g/mol. The van der Waals surface area contributed by atoms with E-state index in [4.69, 9.17) is 9.05 Å². The lowest BCUT2D eigenvalue weighted by Gasteiger charge is -2.16. The summed E-state index contributed by atoms with van der Waals surface area (Å²) in [4.78, 5) is 12.2. The molecule has 0 N–H and O–H groups in total. The molecule has 1 amide bonds. The highest BCUT2D eigenvalue weighted by atomic mass is 31.2. The number of benzene rings is 1. The van der Waals surface area contributed by atoms with Crippen LogP contribution in [0.5, 0.6) is 0 Å². The van der Waals surface area contributed by atoms with E-state index >= 15 is 0 Å². The molecule has 0 bridgehead atoms. The number of nitriles is 1. The third kappa shape index (κ3) is 1.57. The monoisotopic (exact) mass is 266 g/mol. The van der Waals surface area contributed by atoms with Gasteiger partial charge in [-0.1, -0.05) is 30.3 Å². The molecule has 0 aromatic heterocycles. The van der Waals surface area contributed by atoms with Crippen LogP contribution in [0.15, 0.2) is 30.3 Å². The molecule has 1 heterocycles. The summed E-state index contributed by atoms with van der Waals surface area (Å²) >= 11 is 0. The molecule has 1 aliphatic heterocycles. The minimum Gasteiger partial charge on any atom is -0.295 e. The number of hydrogen-bond acceptors (Lipinski definition) is 5. The van der Waals surface area contributed by atoms with Gasteiger partial charge in [0.05, 0.1) is 0 Å². The number of likely N-dealkylation sites (N-methyl/N-ethyl adjacent to an activating group) is 1. The second kappa shape index (κ2) is 4.21. The number of rotatable bonds is 2. The molecule has 2 unspecified atom stereocenters. The molecule has 0 saturated carbocycles. The second-order valence-corrected chi connectivity index (χ2v) is 5.82. The molecule has 1 aliphatic rings. The summed E-state index contributed by atoms with van der Waals surface area (Å²) in [5, 5.41) is 9.29. The van der Waals surface area contributed by atoms with Crippen molar-refractivity contribution in [2.24, 2.45) is 0 Å². The van der Waals surface area contributed by atoms with E-state index in [9.17, 15) is 14.6 Å². The predicted molar refractivity (Wildman–Crippen MR) is 62.2 cm³/mol. The Bertz CT molecular complexity index is 568. The molecular formula is C11H11N2O4P. The smallest absolute Gasteiger partial charge is 0.295 e. The maximum atomic E-state index is 12.2. The Morgan fingerprint density at radius 3 is 2.50 bits per heavy atom. The Morgan fingerprint density at radius 1 is 1.44 bits per heavy atom. The largest absolute Gasteiger partial charge is 0.439 e. The lowest BCUT2D eigenvalue weighted by Crippen LogP contribution is -2.35. The molecule has 2 atom stereocenters. The minimum absolute atomic E-state index is 0.333. The lowest BCUT2D eigenvalue weighted by atomic mass is 9.95. The number of hydrogen-bond donors (Lipinski definition) is 0. The van der Waals surface area contributed by atoms with Gasteiger partial charge < -0.3 is 0 Å². The summed E-state index contributed by atoms with van der Waals surface area (Å²) in [5.41, 5.74) is -1.57. The van der Waals surface area contributed by atoms with Crippen LogP contribution in [0.25, 0.3) is 0 Å². The first-order chi connectivity index (χ1) is 8.50. The lowest BCUT2D eigenvalue weighted by molar-refractivity contribution is -0.133. The topological polar surface area (TPSA) is 79.6 Å². The van der Waals surface area contributed by atoms with Crippen LogP contribution >= 0.6 is 7.75 Å². The molecule has 6 nitrogen and oxygen atoms in total. The van der Waals surface area contributed by atoms with E-state index in [0.717, 1.165) is 4.67 Å². The van der Waals surface area contributed by atoms with Crippen LogP contribution in [0.2, 0.25) is 0 Å². The Kier molecular flexibility index (Phi) is 2.99. The SMILES string of the molecule is COP1(=O)OC(C#N)(c2ccccc2)C(=O)N1C. The number of nitrogens with zero attached hydrogens (tertiary/aromatic N) is 2. The van der Waals surface area contributed by atoms with Crippen molar-refractivity contribution in [1.29, 1.82) is 5.26 Å². The molecule has 1 saturated heterocycles. The molecule has 0 radical (unpaired) electrons. The van der Waals surface area contributed by atoms with Crippen molar-refractivity contribution in [3.8, 4) is 6.07 Å². The first-order valence-corrected chi connectivity index (χ1v) is 6.61. The molecule has 94 valence electrons. The molecular weight excluding hydrogens is 255 g/mol. The molecule has 1 aromatic carbocycles. The van der Waals surface area contributed by atoms with Crippen LogP contribution in [0.3, 0.4) is 0 Å². The number of carbonyl (C=O) groups excluding carboxylic acids is 1. The van der Waals surface area contributed by atoms with E-state index in [2.05, 4.69) is 0 Å². The average Bonchev–Trinajstić information content (AvgIpc) is 2.63. The fourth-order valence-corrected chi connectivity index (χ4v) is 3.13. The number of amides is 1. The Morgan fingerprint density at radius 2 is 2.06 bits per heavy atom. The normalized spacial score (nSPS) is 31.4. The van der Waals surface area contributed by atoms with Crippen molar-refractivity contribution >= 4 is 13.7 Å². The Hall–Kier alpha value is -1.67. The molecule has 1 aromatic rings. The van der Waals surface area contributed by atoms with Gasteiger partial charge in [0.1, 0.15) is 6.07 Å². The maximum absolute atomic E-state index is 12.2.